The van der Waals surface area contributed by atoms with Crippen molar-refractivity contribution in [2.75, 3.05) is 13.7 Å². The lowest BCUT2D eigenvalue weighted by Crippen LogP contribution is -2.44. The molecule has 2 aromatic rings. The number of rotatable bonds is 3. The van der Waals surface area contributed by atoms with E-state index >= 15 is 0 Å². The van der Waals surface area contributed by atoms with Gasteiger partial charge in [0, 0.05) is 17.5 Å². The van der Waals surface area contributed by atoms with Gasteiger partial charge in [-0.1, -0.05) is 24.0 Å². The van der Waals surface area contributed by atoms with Crippen molar-refractivity contribution in [1.29, 1.82) is 0 Å². The number of ether oxygens (including phenoxy) is 2. The minimum atomic E-state index is -1.07. The van der Waals surface area contributed by atoms with Gasteiger partial charge in [-0.25, -0.2) is 4.79 Å². The Balaban J connectivity index is 1.79. The quantitative estimate of drug-likeness (QED) is 0.549. The lowest BCUT2D eigenvalue weighted by molar-refractivity contribution is -0.179. The van der Waals surface area contributed by atoms with E-state index in [-0.39, 0.29) is 13.0 Å². The predicted molar refractivity (Wildman–Crippen MR) is 102 cm³/mol. The predicted octanol–water partition coefficient (Wildman–Crippen LogP) is 1.42. The van der Waals surface area contributed by atoms with Crippen LogP contribution in [0.1, 0.15) is 39.6 Å². The molecule has 4 atom stereocenters. The van der Waals surface area contributed by atoms with Crippen LogP contribution in [-0.4, -0.2) is 53.3 Å². The molecule has 1 aliphatic heterocycles. The topological polar surface area (TPSA) is 96.2 Å². The van der Waals surface area contributed by atoms with Crippen molar-refractivity contribution in [1.82, 2.24) is 0 Å². The maximum absolute atomic E-state index is 11.5. The van der Waals surface area contributed by atoms with Crippen LogP contribution in [0.15, 0.2) is 48.5 Å². The summed E-state index contributed by atoms with van der Waals surface area (Å²) in [5.41, 5.74) is 2.58. The molecular weight excluding hydrogens is 360 g/mol. The average molecular weight is 382 g/mol. The van der Waals surface area contributed by atoms with Gasteiger partial charge in [0.05, 0.1) is 31.5 Å². The number of carbonyl (C=O) groups is 1. The van der Waals surface area contributed by atoms with E-state index in [1.807, 2.05) is 6.07 Å². The Morgan fingerprint density at radius 3 is 2.54 bits per heavy atom. The molecule has 0 saturated carbocycles. The second-order valence-electron chi connectivity index (χ2n) is 6.60. The molecule has 0 spiro atoms. The Kier molecular flexibility index (Phi) is 6.45. The molecular formula is C22H22O6. The van der Waals surface area contributed by atoms with E-state index in [4.69, 9.17) is 4.74 Å². The molecule has 3 N–H and O–H groups in total. The maximum Gasteiger partial charge on any atom is 0.337 e. The monoisotopic (exact) mass is 382 g/mol. The van der Waals surface area contributed by atoms with E-state index in [0.717, 1.165) is 5.56 Å². The Morgan fingerprint density at radius 1 is 1.14 bits per heavy atom. The highest BCUT2D eigenvalue weighted by Gasteiger charge is 2.37. The van der Waals surface area contributed by atoms with E-state index in [1.54, 1.807) is 42.5 Å². The fourth-order valence-electron chi connectivity index (χ4n) is 3.09. The average Bonchev–Trinajstić information content (AvgIpc) is 2.74. The van der Waals surface area contributed by atoms with Crippen molar-refractivity contribution in [3.05, 3.63) is 70.8 Å². The summed E-state index contributed by atoms with van der Waals surface area (Å²) in [7, 11) is 1.33. The highest BCUT2D eigenvalue weighted by molar-refractivity contribution is 5.89. The summed E-state index contributed by atoms with van der Waals surface area (Å²) in [5.74, 6) is 5.66. The fraction of sp³-hybridized carbons (Fsp3) is 0.318. The minimum absolute atomic E-state index is 0.190. The third-order valence-electron chi connectivity index (χ3n) is 4.62. The van der Waals surface area contributed by atoms with Crippen LogP contribution >= 0.6 is 0 Å². The summed E-state index contributed by atoms with van der Waals surface area (Å²) in [6, 6.07) is 14.0. The highest BCUT2D eigenvalue weighted by Crippen LogP contribution is 2.32. The first-order valence-electron chi connectivity index (χ1n) is 8.94. The SMILES string of the molecule is COC(=O)c1ccc(C#Cc2cccc(C3OC(CO)CC(O)C3O)c2)cc1. The van der Waals surface area contributed by atoms with Crippen LogP contribution in [0.5, 0.6) is 0 Å². The zero-order chi connectivity index (χ0) is 20.1. The Labute approximate surface area is 163 Å². The molecule has 3 rings (SSSR count). The first kappa shape index (κ1) is 20.1. The Bertz CT molecular complexity index is 880. The van der Waals surface area contributed by atoms with Crippen molar-refractivity contribution in [3.8, 4) is 11.8 Å². The molecule has 2 aromatic carbocycles. The van der Waals surface area contributed by atoms with Gasteiger partial charge in [-0.05, 0) is 42.0 Å². The number of hydrogen-bond acceptors (Lipinski definition) is 6. The Hall–Kier alpha value is -2.69. The van der Waals surface area contributed by atoms with Crippen molar-refractivity contribution >= 4 is 5.97 Å². The summed E-state index contributed by atoms with van der Waals surface area (Å²) in [6.07, 6.45) is -3.10. The number of methoxy groups -OCH3 is 1. The molecule has 6 heteroatoms. The highest BCUT2D eigenvalue weighted by atomic mass is 16.5. The normalized spacial score (nSPS) is 24.1. The van der Waals surface area contributed by atoms with Crippen LogP contribution in [-0.2, 0) is 9.47 Å². The fourth-order valence-corrected chi connectivity index (χ4v) is 3.09. The summed E-state index contributed by atoms with van der Waals surface area (Å²) in [5, 5.41) is 29.6. The van der Waals surface area contributed by atoms with Gasteiger partial charge in [0.25, 0.3) is 0 Å². The molecule has 146 valence electrons. The summed E-state index contributed by atoms with van der Waals surface area (Å²) in [6.45, 7) is -0.221. The van der Waals surface area contributed by atoms with E-state index in [1.165, 1.54) is 7.11 Å². The largest absolute Gasteiger partial charge is 0.465 e. The van der Waals surface area contributed by atoms with Gasteiger partial charge in [0.15, 0.2) is 0 Å². The molecule has 0 aliphatic carbocycles. The zero-order valence-corrected chi connectivity index (χ0v) is 15.4. The molecule has 0 amide bonds. The van der Waals surface area contributed by atoms with Crippen molar-refractivity contribution in [2.24, 2.45) is 0 Å². The molecule has 1 aliphatic rings. The summed E-state index contributed by atoms with van der Waals surface area (Å²) >= 11 is 0. The van der Waals surface area contributed by atoms with E-state index in [9.17, 15) is 20.1 Å². The lowest BCUT2D eigenvalue weighted by Gasteiger charge is -2.36. The number of carbonyl (C=O) groups excluding carboxylic acids is 1. The van der Waals surface area contributed by atoms with E-state index in [2.05, 4.69) is 16.6 Å². The van der Waals surface area contributed by atoms with E-state index in [0.29, 0.717) is 16.7 Å². The number of aliphatic hydroxyl groups is 3. The molecule has 28 heavy (non-hydrogen) atoms. The van der Waals surface area contributed by atoms with Gasteiger partial charge in [0.2, 0.25) is 0 Å². The van der Waals surface area contributed by atoms with Crippen molar-refractivity contribution in [3.63, 3.8) is 0 Å². The Morgan fingerprint density at radius 2 is 1.86 bits per heavy atom. The minimum Gasteiger partial charge on any atom is -0.465 e. The second-order valence-corrected chi connectivity index (χ2v) is 6.60. The van der Waals surface area contributed by atoms with Gasteiger partial charge in [-0.15, -0.1) is 0 Å². The van der Waals surface area contributed by atoms with Crippen LogP contribution in [0.2, 0.25) is 0 Å². The van der Waals surface area contributed by atoms with E-state index < -0.39 is 30.4 Å². The number of hydrogen-bond donors (Lipinski definition) is 3. The number of benzene rings is 2. The van der Waals surface area contributed by atoms with Gasteiger partial charge in [-0.2, -0.15) is 0 Å². The number of esters is 1. The molecule has 0 bridgehead atoms. The third-order valence-corrected chi connectivity index (χ3v) is 4.62. The first-order chi connectivity index (χ1) is 13.5. The zero-order valence-electron chi connectivity index (χ0n) is 15.4. The second kappa shape index (κ2) is 9.00. The lowest BCUT2D eigenvalue weighted by atomic mass is 9.92. The molecule has 0 radical (unpaired) electrons. The molecule has 1 saturated heterocycles. The standard InChI is InChI=1S/C22H22O6/c1-27-22(26)16-9-7-14(8-10-16)5-6-15-3-2-4-17(11-15)21-20(25)19(24)12-18(13-23)28-21/h2-4,7-11,18-21,23-25H,12-13H2,1H3. The number of aliphatic hydroxyl groups excluding tert-OH is 3. The van der Waals surface area contributed by atoms with Gasteiger partial charge >= 0.3 is 5.97 Å². The first-order valence-corrected chi connectivity index (χ1v) is 8.94. The van der Waals surface area contributed by atoms with Gasteiger partial charge in [0.1, 0.15) is 12.2 Å². The summed E-state index contributed by atoms with van der Waals surface area (Å²) in [4.78, 5) is 11.5. The molecule has 1 heterocycles. The van der Waals surface area contributed by atoms with Gasteiger partial charge in [-0.3, -0.25) is 0 Å². The van der Waals surface area contributed by atoms with Crippen LogP contribution in [0.3, 0.4) is 0 Å². The van der Waals surface area contributed by atoms with Crippen LogP contribution < -0.4 is 0 Å². The molecule has 6 nitrogen and oxygen atoms in total. The maximum atomic E-state index is 11.5. The molecule has 1 fully saturated rings. The van der Waals surface area contributed by atoms with Crippen LogP contribution in [0.25, 0.3) is 0 Å². The van der Waals surface area contributed by atoms with Crippen molar-refractivity contribution < 1.29 is 29.6 Å². The summed E-state index contributed by atoms with van der Waals surface area (Å²) < 4.78 is 10.4. The smallest absolute Gasteiger partial charge is 0.337 e. The molecule has 0 aromatic heterocycles. The molecule has 4 unspecified atom stereocenters. The van der Waals surface area contributed by atoms with Gasteiger partial charge < -0.3 is 24.8 Å². The van der Waals surface area contributed by atoms with Crippen LogP contribution in [0.4, 0.5) is 0 Å². The van der Waals surface area contributed by atoms with Crippen molar-refractivity contribution in [2.45, 2.75) is 30.8 Å². The van der Waals surface area contributed by atoms with Crippen LogP contribution in [0, 0.1) is 11.8 Å². The third kappa shape index (κ3) is 4.58.